The highest BCUT2D eigenvalue weighted by atomic mass is 35.5. The molecule has 0 aliphatic carbocycles. The van der Waals surface area contributed by atoms with Crippen molar-refractivity contribution in [2.75, 3.05) is 5.75 Å². The van der Waals surface area contributed by atoms with E-state index in [4.69, 9.17) is 11.6 Å². The number of halogens is 1. The molecular formula is C13H15ClN2O2S. The van der Waals surface area contributed by atoms with Gasteiger partial charge in [-0.2, -0.15) is 0 Å². The van der Waals surface area contributed by atoms with E-state index in [1.54, 1.807) is 18.2 Å². The van der Waals surface area contributed by atoms with Crippen LogP contribution in [-0.2, 0) is 9.84 Å². The van der Waals surface area contributed by atoms with Crippen molar-refractivity contribution in [1.29, 1.82) is 0 Å². The summed E-state index contributed by atoms with van der Waals surface area (Å²) in [6.45, 7) is 3.98. The molecule has 0 fully saturated rings. The molecule has 6 heteroatoms. The van der Waals surface area contributed by atoms with E-state index in [9.17, 15) is 8.42 Å². The van der Waals surface area contributed by atoms with Crippen LogP contribution in [0.4, 0.5) is 0 Å². The van der Waals surface area contributed by atoms with Crippen LogP contribution in [0.2, 0.25) is 5.02 Å². The van der Waals surface area contributed by atoms with E-state index in [1.807, 2.05) is 13.8 Å². The van der Waals surface area contributed by atoms with Crippen LogP contribution in [0.25, 0.3) is 11.0 Å². The summed E-state index contributed by atoms with van der Waals surface area (Å²) in [4.78, 5) is 8.27. The number of nitrogens with zero attached hydrogens (tertiary/aromatic N) is 2. The second-order valence-electron chi connectivity index (χ2n) is 4.84. The lowest BCUT2D eigenvalue weighted by atomic mass is 10.2. The second-order valence-corrected chi connectivity index (χ2v) is 7.34. The molecule has 1 aromatic carbocycles. The molecular weight excluding hydrogens is 284 g/mol. The molecule has 0 amide bonds. The van der Waals surface area contributed by atoms with Gasteiger partial charge < -0.3 is 0 Å². The van der Waals surface area contributed by atoms with Gasteiger partial charge in [-0.15, -0.1) is 0 Å². The van der Waals surface area contributed by atoms with Crippen molar-refractivity contribution >= 4 is 32.5 Å². The average Bonchev–Trinajstić information content (AvgIpc) is 2.36. The second kappa shape index (κ2) is 5.43. The number of hydrogen-bond acceptors (Lipinski definition) is 4. The van der Waals surface area contributed by atoms with Gasteiger partial charge in [0, 0.05) is 5.02 Å². The minimum absolute atomic E-state index is 0.0305. The number of aromatic nitrogens is 2. The summed E-state index contributed by atoms with van der Waals surface area (Å²) in [7, 11) is -3.36. The predicted octanol–water partition coefficient (Wildman–Crippen LogP) is 3.10. The third-order valence-corrected chi connectivity index (χ3v) is 4.61. The molecule has 4 nitrogen and oxygen atoms in total. The molecule has 0 bridgehead atoms. The van der Waals surface area contributed by atoms with Gasteiger partial charge in [-0.1, -0.05) is 25.4 Å². The van der Waals surface area contributed by atoms with Gasteiger partial charge in [-0.3, -0.25) is 4.98 Å². The van der Waals surface area contributed by atoms with E-state index in [1.165, 1.54) is 6.20 Å². The topological polar surface area (TPSA) is 59.9 Å². The van der Waals surface area contributed by atoms with Crippen LogP contribution in [-0.4, -0.2) is 24.1 Å². The number of rotatable bonds is 4. The molecule has 0 atom stereocenters. The minimum atomic E-state index is -3.36. The molecule has 2 aromatic rings. The van der Waals surface area contributed by atoms with Gasteiger partial charge in [0.15, 0.2) is 14.9 Å². The SMILES string of the molecule is CC(C)CCS(=O)(=O)c1cnc2cc(Cl)ccc2n1. The average molecular weight is 299 g/mol. The van der Waals surface area contributed by atoms with Crippen molar-refractivity contribution < 1.29 is 8.42 Å². The molecule has 0 aliphatic rings. The summed E-state index contributed by atoms with van der Waals surface area (Å²) in [5.41, 5.74) is 1.13. The first kappa shape index (κ1) is 14.2. The third kappa shape index (κ3) is 3.42. The Morgan fingerprint density at radius 1 is 1.26 bits per heavy atom. The Morgan fingerprint density at radius 3 is 2.68 bits per heavy atom. The molecule has 0 aliphatic heterocycles. The Bertz CT molecular complexity index is 699. The molecule has 0 saturated carbocycles. The van der Waals surface area contributed by atoms with Gasteiger partial charge in [0.05, 0.1) is 23.0 Å². The van der Waals surface area contributed by atoms with Crippen LogP contribution in [0.1, 0.15) is 20.3 Å². The standard InChI is InChI=1S/C13H15ClN2O2S/c1-9(2)5-6-19(17,18)13-8-15-12-7-10(14)3-4-11(12)16-13/h3-4,7-9H,5-6H2,1-2H3. The Hall–Kier alpha value is -1.20. The fourth-order valence-corrected chi connectivity index (χ4v) is 3.22. The van der Waals surface area contributed by atoms with Crippen LogP contribution >= 0.6 is 11.6 Å². The maximum Gasteiger partial charge on any atom is 0.197 e. The first-order valence-corrected chi connectivity index (χ1v) is 8.06. The highest BCUT2D eigenvalue weighted by Gasteiger charge is 2.17. The first-order valence-electron chi connectivity index (χ1n) is 6.03. The molecule has 0 spiro atoms. The summed E-state index contributed by atoms with van der Waals surface area (Å²) in [6.07, 6.45) is 1.91. The highest BCUT2D eigenvalue weighted by molar-refractivity contribution is 7.91. The Balaban J connectivity index is 2.38. The van der Waals surface area contributed by atoms with Gasteiger partial charge in [0.25, 0.3) is 0 Å². The van der Waals surface area contributed by atoms with E-state index in [2.05, 4.69) is 9.97 Å². The van der Waals surface area contributed by atoms with Gasteiger partial charge in [0.1, 0.15) is 0 Å². The summed E-state index contributed by atoms with van der Waals surface area (Å²) in [6, 6.07) is 5.00. The molecule has 102 valence electrons. The summed E-state index contributed by atoms with van der Waals surface area (Å²) >= 11 is 5.85. The van der Waals surface area contributed by atoms with Crippen molar-refractivity contribution in [2.45, 2.75) is 25.3 Å². The van der Waals surface area contributed by atoms with Crippen LogP contribution in [0.15, 0.2) is 29.4 Å². The van der Waals surface area contributed by atoms with Gasteiger partial charge in [0.2, 0.25) is 0 Å². The fraction of sp³-hybridized carbons (Fsp3) is 0.385. The number of fused-ring (bicyclic) bond motifs is 1. The van der Waals surface area contributed by atoms with Crippen LogP contribution in [0.3, 0.4) is 0 Å². The lowest BCUT2D eigenvalue weighted by molar-refractivity contribution is 0.570. The van der Waals surface area contributed by atoms with Crippen molar-refractivity contribution in [2.24, 2.45) is 5.92 Å². The van der Waals surface area contributed by atoms with Crippen LogP contribution < -0.4 is 0 Å². The van der Waals surface area contributed by atoms with Gasteiger partial charge in [-0.05, 0) is 30.5 Å². The zero-order chi connectivity index (χ0) is 14.0. The van der Waals surface area contributed by atoms with Crippen molar-refractivity contribution in [3.8, 4) is 0 Å². The van der Waals surface area contributed by atoms with Crippen LogP contribution in [0, 0.1) is 5.92 Å². The monoisotopic (exact) mass is 298 g/mol. The maximum absolute atomic E-state index is 12.1. The number of hydrogen-bond donors (Lipinski definition) is 0. The highest BCUT2D eigenvalue weighted by Crippen LogP contribution is 2.18. The maximum atomic E-state index is 12.1. The molecule has 2 rings (SSSR count). The molecule has 1 heterocycles. The summed E-state index contributed by atoms with van der Waals surface area (Å²) < 4.78 is 24.2. The van der Waals surface area contributed by atoms with Crippen molar-refractivity contribution in [3.63, 3.8) is 0 Å². The van der Waals surface area contributed by atoms with Gasteiger partial charge in [-0.25, -0.2) is 13.4 Å². The van der Waals surface area contributed by atoms with Crippen LogP contribution in [0.5, 0.6) is 0 Å². The molecule has 0 unspecified atom stereocenters. The largest absolute Gasteiger partial charge is 0.252 e. The fourth-order valence-electron chi connectivity index (χ4n) is 1.61. The Morgan fingerprint density at radius 2 is 2.00 bits per heavy atom. The normalized spacial score (nSPS) is 12.2. The lowest BCUT2D eigenvalue weighted by Gasteiger charge is -2.06. The number of sulfone groups is 1. The molecule has 0 N–H and O–H groups in total. The first-order chi connectivity index (χ1) is 8.88. The van der Waals surface area contributed by atoms with Crippen molar-refractivity contribution in [1.82, 2.24) is 9.97 Å². The summed E-state index contributed by atoms with van der Waals surface area (Å²) in [5, 5.41) is 0.584. The predicted molar refractivity (Wildman–Crippen MR) is 76.1 cm³/mol. The number of benzene rings is 1. The minimum Gasteiger partial charge on any atom is -0.252 e. The Labute approximate surface area is 117 Å². The quantitative estimate of drug-likeness (QED) is 0.870. The molecule has 0 radical (unpaired) electrons. The smallest absolute Gasteiger partial charge is 0.197 e. The van der Waals surface area contributed by atoms with E-state index >= 15 is 0 Å². The van der Waals surface area contributed by atoms with E-state index in [0.717, 1.165) is 0 Å². The molecule has 0 saturated heterocycles. The van der Waals surface area contributed by atoms with Crippen molar-refractivity contribution in [3.05, 3.63) is 29.4 Å². The lowest BCUT2D eigenvalue weighted by Crippen LogP contribution is -2.11. The Kier molecular flexibility index (Phi) is 4.06. The van der Waals surface area contributed by atoms with E-state index < -0.39 is 9.84 Å². The van der Waals surface area contributed by atoms with E-state index in [0.29, 0.717) is 28.4 Å². The zero-order valence-electron chi connectivity index (χ0n) is 10.8. The van der Waals surface area contributed by atoms with Gasteiger partial charge >= 0.3 is 0 Å². The van der Waals surface area contributed by atoms with E-state index in [-0.39, 0.29) is 10.8 Å². The zero-order valence-corrected chi connectivity index (χ0v) is 12.4. The molecule has 1 aromatic heterocycles. The molecule has 19 heavy (non-hydrogen) atoms. The summed E-state index contributed by atoms with van der Waals surface area (Å²) in [5.74, 6) is 0.431. The third-order valence-electron chi connectivity index (χ3n) is 2.76.